The van der Waals surface area contributed by atoms with Gasteiger partial charge in [-0.25, -0.2) is 4.98 Å². The maximum Gasteiger partial charge on any atom is 0.251 e. The van der Waals surface area contributed by atoms with Gasteiger partial charge < -0.3 is 21.1 Å². The van der Waals surface area contributed by atoms with E-state index < -0.39 is 0 Å². The molecule has 3 aromatic rings. The molecule has 0 radical (unpaired) electrons. The Morgan fingerprint density at radius 2 is 1.82 bits per heavy atom. The van der Waals surface area contributed by atoms with E-state index in [0.717, 1.165) is 79.0 Å². The maximum atomic E-state index is 12.7. The highest BCUT2D eigenvalue weighted by molar-refractivity contribution is 5.97. The molecule has 2 heterocycles. The highest BCUT2D eigenvalue weighted by Crippen LogP contribution is 2.31. The average molecular weight is 517 g/mol. The van der Waals surface area contributed by atoms with E-state index in [1.165, 1.54) is 32.1 Å². The zero-order valence-corrected chi connectivity index (χ0v) is 22.4. The van der Waals surface area contributed by atoms with Crippen LogP contribution < -0.4 is 16.0 Å². The standard InChI is InChI=1S/C30H40N6O2/c1-19-15-21(11-14-23(19)30(38)33-22-12-13-22)24-18-32-36-28(31-17-20-7-3-2-4-8-20)16-27(35-29(24)36)34-25-9-5-6-10-26(25)37/h11,14-16,18,20,22,25-26,31,37H,2-10,12-13,17H2,1H3,(H,33,38)(H,34,35)/t25-,26+/m1/s1. The van der Waals surface area contributed by atoms with Crippen LogP contribution in [0.25, 0.3) is 16.8 Å². The maximum absolute atomic E-state index is 12.7. The molecule has 0 saturated heterocycles. The third-order valence-corrected chi connectivity index (χ3v) is 8.53. The summed E-state index contributed by atoms with van der Waals surface area (Å²) in [7, 11) is 0. The van der Waals surface area contributed by atoms with Crippen molar-refractivity contribution in [2.45, 2.75) is 95.7 Å². The Bertz CT molecular complexity index is 1290. The normalized spacial score (nSPS) is 22.4. The molecule has 1 amide bonds. The van der Waals surface area contributed by atoms with Crippen molar-refractivity contribution in [1.82, 2.24) is 19.9 Å². The summed E-state index contributed by atoms with van der Waals surface area (Å²) in [6.45, 7) is 2.91. The van der Waals surface area contributed by atoms with Crippen molar-refractivity contribution in [3.8, 4) is 11.1 Å². The second-order valence-corrected chi connectivity index (χ2v) is 11.6. The largest absolute Gasteiger partial charge is 0.391 e. The lowest BCUT2D eigenvalue weighted by Crippen LogP contribution is -2.36. The SMILES string of the molecule is Cc1cc(-c2cnn3c(NCC4CCCCC4)cc(N[C@@H]4CCCC[C@@H]4O)nc23)ccc1C(=O)NC1CC1. The van der Waals surface area contributed by atoms with E-state index in [9.17, 15) is 9.90 Å². The number of rotatable bonds is 8. The molecule has 3 aliphatic carbocycles. The fourth-order valence-electron chi connectivity index (χ4n) is 6.05. The molecule has 3 saturated carbocycles. The smallest absolute Gasteiger partial charge is 0.251 e. The quantitative estimate of drug-likeness (QED) is 0.324. The van der Waals surface area contributed by atoms with E-state index in [-0.39, 0.29) is 18.1 Å². The van der Waals surface area contributed by atoms with Gasteiger partial charge in [0, 0.05) is 29.8 Å². The Labute approximate surface area is 224 Å². The molecular weight excluding hydrogens is 476 g/mol. The van der Waals surface area contributed by atoms with E-state index in [1.54, 1.807) is 0 Å². The molecule has 2 atom stereocenters. The molecule has 0 bridgehead atoms. The van der Waals surface area contributed by atoms with Crippen LogP contribution in [-0.2, 0) is 0 Å². The average Bonchev–Trinajstić information content (AvgIpc) is 3.64. The van der Waals surface area contributed by atoms with Crippen LogP contribution in [0.1, 0.15) is 86.6 Å². The minimum atomic E-state index is -0.359. The number of aromatic nitrogens is 3. The Morgan fingerprint density at radius 3 is 2.58 bits per heavy atom. The highest BCUT2D eigenvalue weighted by Gasteiger charge is 2.26. The van der Waals surface area contributed by atoms with Crippen LogP contribution in [0.2, 0.25) is 0 Å². The summed E-state index contributed by atoms with van der Waals surface area (Å²) < 4.78 is 1.89. The number of hydrogen-bond donors (Lipinski definition) is 4. The van der Waals surface area contributed by atoms with Crippen molar-refractivity contribution < 1.29 is 9.90 Å². The number of amides is 1. The first-order valence-electron chi connectivity index (χ1n) is 14.5. The summed E-state index contributed by atoms with van der Waals surface area (Å²) >= 11 is 0. The van der Waals surface area contributed by atoms with Crippen molar-refractivity contribution in [2.75, 3.05) is 17.2 Å². The van der Waals surface area contributed by atoms with E-state index >= 15 is 0 Å². The minimum Gasteiger partial charge on any atom is -0.391 e. The monoisotopic (exact) mass is 516 g/mol. The number of aryl methyl sites for hydroxylation is 1. The summed E-state index contributed by atoms with van der Waals surface area (Å²) in [5.74, 6) is 2.35. The lowest BCUT2D eigenvalue weighted by Gasteiger charge is -2.29. The lowest BCUT2D eigenvalue weighted by molar-refractivity contribution is 0.0950. The van der Waals surface area contributed by atoms with E-state index in [0.29, 0.717) is 17.5 Å². The van der Waals surface area contributed by atoms with Gasteiger partial charge in [-0.05, 0) is 68.6 Å². The zero-order valence-electron chi connectivity index (χ0n) is 22.4. The molecule has 1 aromatic carbocycles. The van der Waals surface area contributed by atoms with Crippen molar-refractivity contribution in [1.29, 1.82) is 0 Å². The summed E-state index contributed by atoms with van der Waals surface area (Å²) in [6, 6.07) is 8.33. The Balaban J connectivity index is 1.32. The first-order valence-corrected chi connectivity index (χ1v) is 14.5. The van der Waals surface area contributed by atoms with Gasteiger partial charge in [-0.1, -0.05) is 44.2 Å². The number of anilines is 2. The first kappa shape index (κ1) is 25.2. The molecule has 2 aromatic heterocycles. The van der Waals surface area contributed by atoms with E-state index in [1.807, 2.05) is 35.8 Å². The predicted molar refractivity (Wildman–Crippen MR) is 151 cm³/mol. The van der Waals surface area contributed by atoms with Gasteiger partial charge >= 0.3 is 0 Å². The van der Waals surface area contributed by atoms with Gasteiger partial charge in [0.15, 0.2) is 5.65 Å². The van der Waals surface area contributed by atoms with Crippen molar-refractivity contribution in [3.63, 3.8) is 0 Å². The van der Waals surface area contributed by atoms with Crippen LogP contribution >= 0.6 is 0 Å². The number of benzene rings is 1. The van der Waals surface area contributed by atoms with Gasteiger partial charge in [-0.3, -0.25) is 4.79 Å². The van der Waals surface area contributed by atoms with Crippen LogP contribution in [0.3, 0.4) is 0 Å². The minimum absolute atomic E-state index is 0.00117. The van der Waals surface area contributed by atoms with E-state index in [2.05, 4.69) is 22.0 Å². The molecule has 0 aliphatic heterocycles. The first-order chi connectivity index (χ1) is 18.5. The number of carbonyl (C=O) groups is 1. The van der Waals surface area contributed by atoms with Crippen LogP contribution in [0.5, 0.6) is 0 Å². The molecule has 8 nitrogen and oxygen atoms in total. The van der Waals surface area contributed by atoms with Gasteiger partial charge in [-0.2, -0.15) is 9.61 Å². The van der Waals surface area contributed by atoms with Gasteiger partial charge in [-0.15, -0.1) is 0 Å². The highest BCUT2D eigenvalue weighted by atomic mass is 16.3. The van der Waals surface area contributed by atoms with Crippen molar-refractivity contribution >= 4 is 23.2 Å². The van der Waals surface area contributed by atoms with Crippen molar-refractivity contribution in [3.05, 3.63) is 41.6 Å². The number of fused-ring (bicyclic) bond motifs is 1. The Morgan fingerprint density at radius 1 is 1.03 bits per heavy atom. The summed E-state index contributed by atoms with van der Waals surface area (Å²) in [5.41, 5.74) is 4.33. The molecule has 38 heavy (non-hydrogen) atoms. The fraction of sp³-hybridized carbons (Fsp3) is 0.567. The Kier molecular flexibility index (Phi) is 7.24. The summed E-state index contributed by atoms with van der Waals surface area (Å²) in [6.07, 6.45) is 14.1. The second kappa shape index (κ2) is 10.9. The molecule has 0 unspecified atom stereocenters. The van der Waals surface area contributed by atoms with E-state index in [4.69, 9.17) is 10.1 Å². The number of carbonyl (C=O) groups excluding carboxylic acids is 1. The molecule has 202 valence electrons. The molecule has 3 aliphatic rings. The van der Waals surface area contributed by atoms with Gasteiger partial charge in [0.25, 0.3) is 5.91 Å². The molecule has 0 spiro atoms. The molecule has 6 rings (SSSR count). The number of nitrogens with one attached hydrogen (secondary N) is 3. The van der Waals surface area contributed by atoms with Crippen LogP contribution in [0.15, 0.2) is 30.5 Å². The summed E-state index contributed by atoms with van der Waals surface area (Å²) in [5, 5.41) is 25.6. The Hall–Kier alpha value is -3.13. The fourth-order valence-corrected chi connectivity index (χ4v) is 6.05. The number of hydrogen-bond acceptors (Lipinski definition) is 6. The van der Waals surface area contributed by atoms with Gasteiger partial charge in [0.2, 0.25) is 0 Å². The molecule has 8 heteroatoms. The molecule has 4 N–H and O–H groups in total. The number of aliphatic hydroxyl groups is 1. The van der Waals surface area contributed by atoms with Gasteiger partial charge in [0.05, 0.1) is 18.3 Å². The topological polar surface area (TPSA) is 104 Å². The van der Waals surface area contributed by atoms with Crippen LogP contribution in [0, 0.1) is 12.8 Å². The molecular formula is C30H40N6O2. The third kappa shape index (κ3) is 5.51. The number of nitrogens with zero attached hydrogens (tertiary/aromatic N) is 3. The molecule has 3 fully saturated rings. The predicted octanol–water partition coefficient (Wildman–Crippen LogP) is 5.30. The van der Waals surface area contributed by atoms with Crippen LogP contribution in [-0.4, -0.2) is 50.3 Å². The summed E-state index contributed by atoms with van der Waals surface area (Å²) in [4.78, 5) is 17.6. The third-order valence-electron chi connectivity index (χ3n) is 8.53. The lowest BCUT2D eigenvalue weighted by atomic mass is 9.89. The number of aliphatic hydroxyl groups excluding tert-OH is 1. The zero-order chi connectivity index (χ0) is 26.1. The second-order valence-electron chi connectivity index (χ2n) is 11.6. The van der Waals surface area contributed by atoms with Gasteiger partial charge in [0.1, 0.15) is 11.6 Å². The van der Waals surface area contributed by atoms with Crippen LogP contribution in [0.4, 0.5) is 11.6 Å². The van der Waals surface area contributed by atoms with Crippen molar-refractivity contribution in [2.24, 2.45) is 5.92 Å².